The van der Waals surface area contributed by atoms with Crippen molar-refractivity contribution in [3.8, 4) is 0 Å². The van der Waals surface area contributed by atoms with Crippen LogP contribution in [0.25, 0.3) is 0 Å². The van der Waals surface area contributed by atoms with Crippen molar-refractivity contribution in [3.63, 3.8) is 0 Å². The number of hydrogen-bond acceptors (Lipinski definition) is 3. The molecule has 1 heterocycles. The maximum Gasteiger partial charge on any atom is 0.137 e. The molecule has 3 aromatic carbocycles. The van der Waals surface area contributed by atoms with Crippen molar-refractivity contribution in [1.29, 1.82) is 0 Å². The Kier molecular flexibility index (Phi) is 7.40. The molecule has 0 spiro atoms. The first-order chi connectivity index (χ1) is 17.0. The van der Waals surface area contributed by atoms with E-state index >= 15 is 0 Å². The van der Waals surface area contributed by atoms with Crippen LogP contribution in [-0.4, -0.2) is 15.0 Å². The lowest BCUT2D eigenvalue weighted by atomic mass is 9.98. The number of hydrogen-bond donors (Lipinski definition) is 0. The first-order valence-corrected chi connectivity index (χ1v) is 12.9. The van der Waals surface area contributed by atoms with E-state index in [1.807, 2.05) is 0 Å². The summed E-state index contributed by atoms with van der Waals surface area (Å²) in [4.78, 5) is 14.9. The van der Waals surface area contributed by atoms with Gasteiger partial charge in [0.25, 0.3) is 0 Å². The quantitative estimate of drug-likeness (QED) is 0.290. The Morgan fingerprint density at radius 3 is 0.750 bits per heavy atom. The summed E-state index contributed by atoms with van der Waals surface area (Å²) < 4.78 is 0. The van der Waals surface area contributed by atoms with Crippen molar-refractivity contribution in [2.24, 2.45) is 0 Å². The molecule has 0 aliphatic rings. The Labute approximate surface area is 217 Å². The molecule has 0 unspecified atom stereocenters. The summed E-state index contributed by atoms with van der Waals surface area (Å²) in [6.45, 7) is 19.6. The van der Waals surface area contributed by atoms with E-state index in [4.69, 9.17) is 15.0 Å². The molecular formula is C33H39N3. The zero-order valence-corrected chi connectivity index (χ0v) is 23.4. The Hall–Kier alpha value is -3.33. The third-order valence-electron chi connectivity index (χ3n) is 7.82. The second kappa shape index (κ2) is 10.3. The standard InChI is InChI=1S/C33H39N3/c1-19-10-28(11-20(2)25(19)7)16-31-34-32(17-29-12-21(3)26(8)22(4)13-29)36-33(35-31)18-30-14-23(5)27(9)24(6)15-30/h10-15H,16-18H2,1-9H3. The van der Waals surface area contributed by atoms with E-state index in [1.54, 1.807) is 0 Å². The van der Waals surface area contributed by atoms with Crippen LogP contribution in [0.4, 0.5) is 0 Å². The lowest BCUT2D eigenvalue weighted by Gasteiger charge is -2.13. The molecule has 4 rings (SSSR count). The third kappa shape index (κ3) is 5.73. The lowest BCUT2D eigenvalue weighted by molar-refractivity contribution is 0.795. The molecular weight excluding hydrogens is 438 g/mol. The van der Waals surface area contributed by atoms with E-state index in [2.05, 4.69) is 98.7 Å². The smallest absolute Gasteiger partial charge is 0.137 e. The van der Waals surface area contributed by atoms with E-state index in [-0.39, 0.29) is 0 Å². The minimum Gasteiger partial charge on any atom is -0.217 e. The Morgan fingerprint density at radius 1 is 0.361 bits per heavy atom. The van der Waals surface area contributed by atoms with Crippen LogP contribution in [0.1, 0.15) is 84.2 Å². The van der Waals surface area contributed by atoms with Crippen LogP contribution >= 0.6 is 0 Å². The summed E-state index contributed by atoms with van der Waals surface area (Å²) in [5.41, 5.74) is 15.7. The molecule has 0 saturated carbocycles. The molecule has 0 atom stereocenters. The van der Waals surface area contributed by atoms with Crippen LogP contribution in [-0.2, 0) is 19.3 Å². The van der Waals surface area contributed by atoms with Gasteiger partial charge in [0.2, 0.25) is 0 Å². The Morgan fingerprint density at radius 2 is 0.556 bits per heavy atom. The van der Waals surface area contributed by atoms with Gasteiger partial charge in [-0.3, -0.25) is 0 Å². The maximum absolute atomic E-state index is 4.96. The van der Waals surface area contributed by atoms with Gasteiger partial charge in [0, 0.05) is 19.3 Å². The zero-order valence-electron chi connectivity index (χ0n) is 23.4. The van der Waals surface area contributed by atoms with Gasteiger partial charge in [-0.2, -0.15) is 0 Å². The van der Waals surface area contributed by atoms with Crippen LogP contribution in [0.2, 0.25) is 0 Å². The highest BCUT2D eigenvalue weighted by Crippen LogP contribution is 2.21. The van der Waals surface area contributed by atoms with Gasteiger partial charge in [0.05, 0.1) is 0 Å². The second-order valence-corrected chi connectivity index (χ2v) is 10.7. The van der Waals surface area contributed by atoms with Crippen LogP contribution < -0.4 is 0 Å². The molecule has 0 fully saturated rings. The molecule has 3 nitrogen and oxygen atoms in total. The molecule has 0 saturated heterocycles. The summed E-state index contributed by atoms with van der Waals surface area (Å²) in [5.74, 6) is 2.54. The topological polar surface area (TPSA) is 38.7 Å². The minimum atomic E-state index is 0.711. The van der Waals surface area contributed by atoms with E-state index in [0.29, 0.717) is 19.3 Å². The number of aromatic nitrogens is 3. The van der Waals surface area contributed by atoms with Crippen molar-refractivity contribution in [2.45, 2.75) is 81.6 Å². The first-order valence-electron chi connectivity index (χ1n) is 12.9. The molecule has 1 aromatic heterocycles. The van der Waals surface area contributed by atoms with Gasteiger partial charge in [0.1, 0.15) is 17.5 Å². The van der Waals surface area contributed by atoms with E-state index < -0.39 is 0 Å². The summed E-state index contributed by atoms with van der Waals surface area (Å²) in [7, 11) is 0. The van der Waals surface area contributed by atoms with E-state index in [1.165, 1.54) is 66.8 Å². The number of aryl methyl sites for hydroxylation is 6. The molecule has 0 bridgehead atoms. The Balaban J connectivity index is 1.73. The average molecular weight is 478 g/mol. The van der Waals surface area contributed by atoms with Gasteiger partial charge in [-0.25, -0.2) is 15.0 Å². The van der Waals surface area contributed by atoms with E-state index in [9.17, 15) is 0 Å². The maximum atomic E-state index is 4.96. The van der Waals surface area contributed by atoms with Gasteiger partial charge in [-0.15, -0.1) is 0 Å². The van der Waals surface area contributed by atoms with Crippen molar-refractivity contribution < 1.29 is 0 Å². The highest BCUT2D eigenvalue weighted by Gasteiger charge is 2.13. The lowest BCUT2D eigenvalue weighted by Crippen LogP contribution is -2.10. The van der Waals surface area contributed by atoms with Crippen molar-refractivity contribution in [1.82, 2.24) is 15.0 Å². The molecule has 0 aliphatic carbocycles. The van der Waals surface area contributed by atoms with Gasteiger partial charge in [-0.05, 0) is 129 Å². The molecule has 186 valence electrons. The fraction of sp³-hybridized carbons (Fsp3) is 0.364. The average Bonchev–Trinajstić information content (AvgIpc) is 2.79. The van der Waals surface area contributed by atoms with Gasteiger partial charge < -0.3 is 0 Å². The van der Waals surface area contributed by atoms with E-state index in [0.717, 1.165) is 17.5 Å². The SMILES string of the molecule is Cc1cc(Cc2nc(Cc3cc(C)c(C)c(C)c3)nc(Cc3cc(C)c(C)c(C)c3)n2)cc(C)c1C. The molecule has 0 aliphatic heterocycles. The highest BCUT2D eigenvalue weighted by atomic mass is 15.0. The zero-order chi connectivity index (χ0) is 26.1. The van der Waals surface area contributed by atoms with Gasteiger partial charge in [-0.1, -0.05) is 36.4 Å². The van der Waals surface area contributed by atoms with Crippen molar-refractivity contribution in [3.05, 3.63) is 121 Å². The largest absolute Gasteiger partial charge is 0.217 e. The van der Waals surface area contributed by atoms with Gasteiger partial charge in [0.15, 0.2) is 0 Å². The van der Waals surface area contributed by atoms with Crippen molar-refractivity contribution >= 4 is 0 Å². The predicted molar refractivity (Wildman–Crippen MR) is 150 cm³/mol. The molecule has 0 amide bonds. The monoisotopic (exact) mass is 477 g/mol. The number of benzene rings is 3. The molecule has 36 heavy (non-hydrogen) atoms. The molecule has 3 heteroatoms. The highest BCUT2D eigenvalue weighted by molar-refractivity contribution is 5.40. The normalized spacial score (nSPS) is 11.2. The summed E-state index contributed by atoms with van der Waals surface area (Å²) in [5, 5.41) is 0. The van der Waals surface area contributed by atoms with Gasteiger partial charge >= 0.3 is 0 Å². The van der Waals surface area contributed by atoms with Crippen LogP contribution in [0, 0.1) is 62.3 Å². The molecule has 4 aromatic rings. The molecule has 0 radical (unpaired) electrons. The van der Waals surface area contributed by atoms with Crippen LogP contribution in [0.15, 0.2) is 36.4 Å². The number of rotatable bonds is 6. The summed E-state index contributed by atoms with van der Waals surface area (Å²) in [6, 6.07) is 13.6. The first kappa shape index (κ1) is 25.8. The third-order valence-corrected chi connectivity index (χ3v) is 7.82. The second-order valence-electron chi connectivity index (χ2n) is 10.7. The number of nitrogens with zero attached hydrogens (tertiary/aromatic N) is 3. The Bertz CT molecular complexity index is 1190. The fourth-order valence-corrected chi connectivity index (χ4v) is 4.99. The fourth-order valence-electron chi connectivity index (χ4n) is 4.99. The predicted octanol–water partition coefficient (Wildman–Crippen LogP) is 7.42. The van der Waals surface area contributed by atoms with Crippen LogP contribution in [0.3, 0.4) is 0 Å². The van der Waals surface area contributed by atoms with Crippen LogP contribution in [0.5, 0.6) is 0 Å². The minimum absolute atomic E-state index is 0.711. The summed E-state index contributed by atoms with van der Waals surface area (Å²) >= 11 is 0. The summed E-state index contributed by atoms with van der Waals surface area (Å²) in [6.07, 6.45) is 2.13. The molecule has 0 N–H and O–H groups in total. The van der Waals surface area contributed by atoms with Crippen molar-refractivity contribution in [2.75, 3.05) is 0 Å².